The van der Waals surface area contributed by atoms with Crippen molar-refractivity contribution >= 4 is 17.4 Å². The second kappa shape index (κ2) is 9.06. The van der Waals surface area contributed by atoms with Gasteiger partial charge in [-0.1, -0.05) is 23.8 Å². The maximum Gasteiger partial charge on any atom is 0.255 e. The second-order valence-electron chi connectivity index (χ2n) is 6.70. The van der Waals surface area contributed by atoms with Crippen LogP contribution in [0.4, 0.5) is 5.69 Å². The average Bonchev–Trinajstić information content (AvgIpc) is 2.74. The molecule has 0 aliphatic heterocycles. The SMILES string of the molecule is COc1ccc(C(=O)C(C)Oc2cccc(NC(=O)c3ccc(C)cc3)c2)cc1. The van der Waals surface area contributed by atoms with Crippen molar-refractivity contribution in [3.05, 3.63) is 89.5 Å². The number of benzene rings is 3. The van der Waals surface area contributed by atoms with E-state index >= 15 is 0 Å². The molecule has 0 heterocycles. The van der Waals surface area contributed by atoms with Crippen LogP contribution in [0.3, 0.4) is 0 Å². The number of anilines is 1. The van der Waals surface area contributed by atoms with Crippen molar-refractivity contribution in [2.45, 2.75) is 20.0 Å². The molecule has 3 aromatic carbocycles. The molecule has 1 amide bonds. The Morgan fingerprint density at radius 3 is 2.17 bits per heavy atom. The van der Waals surface area contributed by atoms with Crippen molar-refractivity contribution in [1.29, 1.82) is 0 Å². The molecule has 1 unspecified atom stereocenters. The quantitative estimate of drug-likeness (QED) is 0.584. The molecule has 148 valence electrons. The zero-order chi connectivity index (χ0) is 20.8. The lowest BCUT2D eigenvalue weighted by molar-refractivity contribution is 0.0818. The Labute approximate surface area is 170 Å². The van der Waals surface area contributed by atoms with Gasteiger partial charge in [0.15, 0.2) is 6.10 Å². The molecule has 0 saturated heterocycles. The Balaban J connectivity index is 1.66. The van der Waals surface area contributed by atoms with Gasteiger partial charge in [0, 0.05) is 22.9 Å². The van der Waals surface area contributed by atoms with Crippen molar-refractivity contribution < 1.29 is 19.1 Å². The molecule has 5 heteroatoms. The van der Waals surface area contributed by atoms with Crippen LogP contribution in [-0.2, 0) is 0 Å². The standard InChI is InChI=1S/C24H23NO4/c1-16-7-9-19(10-8-16)24(27)25-20-5-4-6-22(15-20)29-17(2)23(26)18-11-13-21(28-3)14-12-18/h4-15,17H,1-3H3,(H,25,27). The van der Waals surface area contributed by atoms with Crippen LogP contribution in [0.2, 0.25) is 0 Å². The monoisotopic (exact) mass is 389 g/mol. The van der Waals surface area contributed by atoms with E-state index in [1.54, 1.807) is 74.7 Å². The number of Topliss-reactive ketones (excluding diaryl/α,β-unsaturated/α-hetero) is 1. The fourth-order valence-corrected chi connectivity index (χ4v) is 2.80. The van der Waals surface area contributed by atoms with E-state index in [0.717, 1.165) is 5.56 Å². The van der Waals surface area contributed by atoms with Gasteiger partial charge < -0.3 is 14.8 Å². The molecule has 0 aliphatic rings. The van der Waals surface area contributed by atoms with Gasteiger partial charge in [-0.05, 0) is 62.4 Å². The second-order valence-corrected chi connectivity index (χ2v) is 6.70. The van der Waals surface area contributed by atoms with Crippen molar-refractivity contribution in [2.75, 3.05) is 12.4 Å². The number of amides is 1. The summed E-state index contributed by atoms with van der Waals surface area (Å²) < 4.78 is 10.9. The number of rotatable bonds is 7. The molecule has 0 aliphatic carbocycles. The maximum atomic E-state index is 12.6. The predicted octanol–water partition coefficient (Wildman–Crippen LogP) is 4.91. The maximum absolute atomic E-state index is 12.6. The summed E-state index contributed by atoms with van der Waals surface area (Å²) in [7, 11) is 1.58. The van der Waals surface area contributed by atoms with E-state index in [2.05, 4.69) is 5.32 Å². The molecule has 0 radical (unpaired) electrons. The van der Waals surface area contributed by atoms with Gasteiger partial charge in [-0.2, -0.15) is 0 Å². The number of methoxy groups -OCH3 is 1. The lowest BCUT2D eigenvalue weighted by Crippen LogP contribution is -2.24. The first-order chi connectivity index (χ1) is 14.0. The van der Waals surface area contributed by atoms with E-state index in [4.69, 9.17) is 9.47 Å². The molecule has 0 spiro atoms. The molecular weight excluding hydrogens is 366 g/mol. The minimum Gasteiger partial charge on any atom is -0.497 e. The Morgan fingerprint density at radius 1 is 0.862 bits per heavy atom. The first-order valence-corrected chi connectivity index (χ1v) is 9.29. The van der Waals surface area contributed by atoms with Crippen LogP contribution in [0.15, 0.2) is 72.8 Å². The highest BCUT2D eigenvalue weighted by atomic mass is 16.5. The van der Waals surface area contributed by atoms with Crippen LogP contribution in [0, 0.1) is 6.92 Å². The van der Waals surface area contributed by atoms with Gasteiger partial charge in [0.2, 0.25) is 5.78 Å². The summed E-state index contributed by atoms with van der Waals surface area (Å²) in [5.74, 6) is 0.847. The van der Waals surface area contributed by atoms with Gasteiger partial charge >= 0.3 is 0 Å². The molecule has 1 N–H and O–H groups in total. The summed E-state index contributed by atoms with van der Waals surface area (Å²) in [6.45, 7) is 3.67. The number of nitrogens with one attached hydrogen (secondary N) is 1. The van der Waals surface area contributed by atoms with Crippen LogP contribution < -0.4 is 14.8 Å². The summed E-state index contributed by atoms with van der Waals surface area (Å²) in [6, 6.07) is 21.2. The smallest absolute Gasteiger partial charge is 0.255 e. The van der Waals surface area contributed by atoms with Crippen LogP contribution in [-0.4, -0.2) is 24.9 Å². The Morgan fingerprint density at radius 2 is 1.52 bits per heavy atom. The number of aryl methyl sites for hydroxylation is 1. The summed E-state index contributed by atoms with van der Waals surface area (Å²) in [6.07, 6.45) is -0.675. The minimum absolute atomic E-state index is 0.137. The zero-order valence-electron chi connectivity index (χ0n) is 16.6. The average molecular weight is 389 g/mol. The molecule has 0 bridgehead atoms. The van der Waals surface area contributed by atoms with E-state index < -0.39 is 6.10 Å². The lowest BCUT2D eigenvalue weighted by atomic mass is 10.1. The normalized spacial score (nSPS) is 11.4. The number of ketones is 1. The number of ether oxygens (including phenoxy) is 2. The Bertz CT molecular complexity index is 994. The first kappa shape index (κ1) is 20.1. The van der Waals surface area contributed by atoms with Gasteiger partial charge in [-0.25, -0.2) is 0 Å². The Kier molecular flexibility index (Phi) is 6.29. The number of carbonyl (C=O) groups excluding carboxylic acids is 2. The van der Waals surface area contributed by atoms with Crippen LogP contribution in [0.25, 0.3) is 0 Å². The van der Waals surface area contributed by atoms with Crippen molar-refractivity contribution in [3.8, 4) is 11.5 Å². The third-order valence-corrected chi connectivity index (χ3v) is 4.46. The molecule has 0 saturated carbocycles. The molecule has 3 aromatic rings. The van der Waals surface area contributed by atoms with Crippen LogP contribution >= 0.6 is 0 Å². The summed E-state index contributed by atoms with van der Waals surface area (Å²) >= 11 is 0. The molecule has 0 aromatic heterocycles. The summed E-state index contributed by atoms with van der Waals surface area (Å²) in [5, 5.41) is 2.85. The van der Waals surface area contributed by atoms with Gasteiger partial charge in [-0.15, -0.1) is 0 Å². The summed E-state index contributed by atoms with van der Waals surface area (Å²) in [5.41, 5.74) is 2.80. The van der Waals surface area contributed by atoms with E-state index in [1.165, 1.54) is 0 Å². The third-order valence-electron chi connectivity index (χ3n) is 4.46. The van der Waals surface area contributed by atoms with E-state index in [1.807, 2.05) is 19.1 Å². The van der Waals surface area contributed by atoms with Gasteiger partial charge in [0.1, 0.15) is 11.5 Å². The first-order valence-electron chi connectivity index (χ1n) is 9.29. The van der Waals surface area contributed by atoms with Gasteiger partial charge in [-0.3, -0.25) is 9.59 Å². The minimum atomic E-state index is -0.675. The van der Waals surface area contributed by atoms with Crippen molar-refractivity contribution in [1.82, 2.24) is 0 Å². The van der Waals surface area contributed by atoms with Gasteiger partial charge in [0.25, 0.3) is 5.91 Å². The van der Waals surface area contributed by atoms with Crippen LogP contribution in [0.5, 0.6) is 11.5 Å². The predicted molar refractivity (Wildman–Crippen MR) is 113 cm³/mol. The molecule has 5 nitrogen and oxygen atoms in total. The van der Waals surface area contributed by atoms with E-state index in [0.29, 0.717) is 28.3 Å². The van der Waals surface area contributed by atoms with E-state index in [-0.39, 0.29) is 11.7 Å². The molecule has 0 fully saturated rings. The number of carbonyl (C=O) groups is 2. The molecule has 1 atom stereocenters. The van der Waals surface area contributed by atoms with E-state index in [9.17, 15) is 9.59 Å². The number of hydrogen-bond acceptors (Lipinski definition) is 4. The third kappa shape index (κ3) is 5.23. The van der Waals surface area contributed by atoms with Crippen molar-refractivity contribution in [2.24, 2.45) is 0 Å². The Hall–Kier alpha value is -3.60. The lowest BCUT2D eigenvalue weighted by Gasteiger charge is -2.15. The number of hydrogen-bond donors (Lipinski definition) is 1. The zero-order valence-corrected chi connectivity index (χ0v) is 16.6. The fraction of sp³-hybridized carbons (Fsp3) is 0.167. The molecule has 3 rings (SSSR count). The highest BCUT2D eigenvalue weighted by Crippen LogP contribution is 2.21. The fourth-order valence-electron chi connectivity index (χ4n) is 2.80. The highest BCUT2D eigenvalue weighted by Gasteiger charge is 2.17. The highest BCUT2D eigenvalue weighted by molar-refractivity contribution is 6.04. The molecular formula is C24H23NO4. The largest absolute Gasteiger partial charge is 0.497 e. The van der Waals surface area contributed by atoms with Crippen molar-refractivity contribution in [3.63, 3.8) is 0 Å². The summed E-state index contributed by atoms with van der Waals surface area (Å²) in [4.78, 5) is 25.0. The molecule has 29 heavy (non-hydrogen) atoms. The van der Waals surface area contributed by atoms with Crippen LogP contribution in [0.1, 0.15) is 33.2 Å². The van der Waals surface area contributed by atoms with Gasteiger partial charge in [0.05, 0.1) is 7.11 Å². The topological polar surface area (TPSA) is 64.6 Å².